The zero-order chi connectivity index (χ0) is 20.7. The van der Waals surface area contributed by atoms with Gasteiger partial charge in [0.1, 0.15) is 0 Å². The van der Waals surface area contributed by atoms with Crippen molar-refractivity contribution < 1.29 is 9.59 Å². The van der Waals surface area contributed by atoms with Crippen molar-refractivity contribution in [3.8, 4) is 0 Å². The van der Waals surface area contributed by atoms with Crippen molar-refractivity contribution >= 4 is 28.3 Å². The van der Waals surface area contributed by atoms with Crippen molar-refractivity contribution in [1.82, 2.24) is 10.3 Å². The van der Waals surface area contributed by atoms with Gasteiger partial charge in [0.25, 0.3) is 5.91 Å². The maximum absolute atomic E-state index is 12.5. The summed E-state index contributed by atoms with van der Waals surface area (Å²) in [6, 6.07) is 8.82. The molecule has 0 aliphatic heterocycles. The van der Waals surface area contributed by atoms with Crippen LogP contribution in [0.5, 0.6) is 0 Å². The van der Waals surface area contributed by atoms with Gasteiger partial charge in [0.15, 0.2) is 5.13 Å². The third-order valence-corrected chi connectivity index (χ3v) is 7.99. The largest absolute Gasteiger partial charge is 0.349 e. The number of benzene rings is 1. The Bertz CT molecular complexity index is 904. The number of nitrogens with zero attached hydrogens (tertiary/aromatic N) is 1. The average molecular weight is 424 g/mol. The monoisotopic (exact) mass is 423 g/mol. The van der Waals surface area contributed by atoms with Crippen LogP contribution in [-0.2, 0) is 10.2 Å². The van der Waals surface area contributed by atoms with Crippen LogP contribution in [0.4, 0.5) is 5.13 Å². The number of nitrogens with one attached hydrogen (secondary N) is 2. The molecule has 6 rings (SSSR count). The molecule has 0 spiro atoms. The second-order valence-corrected chi connectivity index (χ2v) is 10.6. The minimum absolute atomic E-state index is 0.109. The molecule has 2 aromatic rings. The van der Waals surface area contributed by atoms with Crippen LogP contribution >= 0.6 is 11.3 Å². The second kappa shape index (κ2) is 7.80. The van der Waals surface area contributed by atoms with Gasteiger partial charge >= 0.3 is 0 Å². The topological polar surface area (TPSA) is 71.1 Å². The van der Waals surface area contributed by atoms with Crippen molar-refractivity contribution in [3.05, 3.63) is 47.0 Å². The molecular weight excluding hydrogens is 394 g/mol. The molecule has 2 amide bonds. The first kappa shape index (κ1) is 19.7. The number of hydrogen-bond acceptors (Lipinski definition) is 4. The number of carbonyl (C=O) groups is 2. The summed E-state index contributed by atoms with van der Waals surface area (Å²) in [6.45, 7) is 1.85. The lowest BCUT2D eigenvalue weighted by atomic mass is 9.49. The summed E-state index contributed by atoms with van der Waals surface area (Å²) < 4.78 is 0. The fraction of sp³-hybridized carbons (Fsp3) is 0.542. The first-order valence-corrected chi connectivity index (χ1v) is 12.0. The summed E-state index contributed by atoms with van der Waals surface area (Å²) >= 11 is 1.53. The number of hydrogen-bond donors (Lipinski definition) is 2. The van der Waals surface area contributed by atoms with Gasteiger partial charge in [-0.2, -0.15) is 0 Å². The lowest BCUT2D eigenvalue weighted by Gasteiger charge is -2.56. The van der Waals surface area contributed by atoms with Gasteiger partial charge in [-0.1, -0.05) is 18.2 Å². The van der Waals surface area contributed by atoms with E-state index in [1.54, 1.807) is 12.1 Å². The number of anilines is 1. The number of thiazole rings is 1. The van der Waals surface area contributed by atoms with Crippen molar-refractivity contribution in [1.29, 1.82) is 0 Å². The molecule has 4 saturated carbocycles. The van der Waals surface area contributed by atoms with Gasteiger partial charge in [0.05, 0.1) is 5.69 Å². The van der Waals surface area contributed by atoms with Gasteiger partial charge < -0.3 is 10.6 Å². The van der Waals surface area contributed by atoms with Crippen LogP contribution in [0, 0.1) is 17.8 Å². The van der Waals surface area contributed by atoms with Gasteiger partial charge in [-0.25, -0.2) is 4.98 Å². The Kier molecular flexibility index (Phi) is 5.13. The predicted molar refractivity (Wildman–Crippen MR) is 119 cm³/mol. The van der Waals surface area contributed by atoms with Crippen LogP contribution < -0.4 is 10.6 Å². The van der Waals surface area contributed by atoms with Crippen LogP contribution in [0.2, 0.25) is 0 Å². The Balaban J connectivity index is 1.18. The van der Waals surface area contributed by atoms with Crippen LogP contribution in [0.25, 0.3) is 0 Å². The summed E-state index contributed by atoms with van der Waals surface area (Å²) in [5.41, 5.74) is 2.06. The van der Waals surface area contributed by atoms with Gasteiger partial charge in [0, 0.05) is 28.8 Å². The number of aromatic nitrogens is 1. The molecule has 1 unspecified atom stereocenters. The normalized spacial score (nSPS) is 30.1. The Labute approximate surface area is 181 Å². The minimum atomic E-state index is -0.250. The average Bonchev–Trinajstić information content (AvgIpc) is 3.16. The molecule has 2 N–H and O–H groups in total. The van der Waals surface area contributed by atoms with E-state index in [-0.39, 0.29) is 29.7 Å². The quantitative estimate of drug-likeness (QED) is 0.704. The molecule has 1 aromatic carbocycles. The molecule has 4 aliphatic rings. The number of carbonyl (C=O) groups excluding carboxylic acids is 2. The fourth-order valence-electron chi connectivity index (χ4n) is 6.40. The van der Waals surface area contributed by atoms with Crippen molar-refractivity contribution in [2.45, 2.75) is 63.3 Å². The highest BCUT2D eigenvalue weighted by atomic mass is 32.1. The summed E-state index contributed by atoms with van der Waals surface area (Å²) in [5, 5.41) is 8.70. The maximum atomic E-state index is 12.5. The van der Waals surface area contributed by atoms with E-state index in [9.17, 15) is 9.59 Å². The van der Waals surface area contributed by atoms with E-state index in [0.29, 0.717) is 10.7 Å². The summed E-state index contributed by atoms with van der Waals surface area (Å²) in [5.74, 6) is 2.37. The van der Waals surface area contributed by atoms with E-state index in [1.807, 2.05) is 25.1 Å². The van der Waals surface area contributed by atoms with Crippen LogP contribution in [0.15, 0.2) is 35.7 Å². The third kappa shape index (κ3) is 3.89. The molecule has 4 aliphatic carbocycles. The van der Waals surface area contributed by atoms with Gasteiger partial charge in [0.2, 0.25) is 5.91 Å². The van der Waals surface area contributed by atoms with Gasteiger partial charge in [-0.3, -0.25) is 9.59 Å². The Hall–Kier alpha value is -2.21. The van der Waals surface area contributed by atoms with E-state index in [4.69, 9.17) is 4.98 Å². The maximum Gasteiger partial charge on any atom is 0.251 e. The van der Waals surface area contributed by atoms with Crippen LogP contribution in [-0.4, -0.2) is 22.8 Å². The second-order valence-electron chi connectivity index (χ2n) is 9.73. The molecule has 4 bridgehead atoms. The number of rotatable bonds is 6. The van der Waals surface area contributed by atoms with E-state index < -0.39 is 0 Å². The van der Waals surface area contributed by atoms with Crippen LogP contribution in [0.1, 0.15) is 67.9 Å². The lowest BCUT2D eigenvalue weighted by Crippen LogP contribution is -2.48. The van der Waals surface area contributed by atoms with E-state index in [0.717, 1.165) is 17.8 Å². The predicted octanol–water partition coefficient (Wildman–Crippen LogP) is 4.76. The SMILES string of the molecule is CC(CC(=O)Nc1nc(C23CC4CC(CC(C4)C2)C3)cs1)NC(=O)c1ccccc1. The standard InChI is InChI=1S/C24H29N3O2S/c1-15(25-22(29)19-5-3-2-4-6-19)7-21(28)27-23-26-20(14-30-23)24-11-16-8-17(12-24)10-18(9-16)13-24/h2-6,14-18H,7-13H2,1H3,(H,25,29)(H,26,27,28). The molecule has 5 nitrogen and oxygen atoms in total. The zero-order valence-corrected chi connectivity index (χ0v) is 18.2. The summed E-state index contributed by atoms with van der Waals surface area (Å²) in [7, 11) is 0. The first-order valence-electron chi connectivity index (χ1n) is 11.1. The Morgan fingerprint density at radius 2 is 1.73 bits per heavy atom. The molecule has 158 valence electrons. The zero-order valence-electron chi connectivity index (χ0n) is 17.4. The smallest absolute Gasteiger partial charge is 0.251 e. The third-order valence-electron chi connectivity index (χ3n) is 7.24. The summed E-state index contributed by atoms with van der Waals surface area (Å²) in [6.07, 6.45) is 8.31. The van der Waals surface area contributed by atoms with Gasteiger partial charge in [-0.05, 0) is 75.3 Å². The van der Waals surface area contributed by atoms with Crippen molar-refractivity contribution in [2.75, 3.05) is 5.32 Å². The highest BCUT2D eigenvalue weighted by molar-refractivity contribution is 7.13. The summed E-state index contributed by atoms with van der Waals surface area (Å²) in [4.78, 5) is 29.6. The van der Waals surface area contributed by atoms with E-state index >= 15 is 0 Å². The molecular formula is C24H29N3O2S. The fourth-order valence-corrected chi connectivity index (χ4v) is 7.24. The molecule has 30 heavy (non-hydrogen) atoms. The van der Waals surface area contributed by atoms with E-state index in [2.05, 4.69) is 16.0 Å². The molecule has 6 heteroatoms. The first-order chi connectivity index (χ1) is 14.5. The van der Waals surface area contributed by atoms with E-state index in [1.165, 1.54) is 55.6 Å². The molecule has 1 atom stereocenters. The van der Waals surface area contributed by atoms with Gasteiger partial charge in [-0.15, -0.1) is 11.3 Å². The van der Waals surface area contributed by atoms with Crippen molar-refractivity contribution in [3.63, 3.8) is 0 Å². The highest BCUT2D eigenvalue weighted by Crippen LogP contribution is 2.60. The van der Waals surface area contributed by atoms with Crippen molar-refractivity contribution in [2.24, 2.45) is 17.8 Å². The minimum Gasteiger partial charge on any atom is -0.349 e. The molecule has 1 aromatic heterocycles. The Morgan fingerprint density at radius 3 is 2.37 bits per heavy atom. The highest BCUT2D eigenvalue weighted by Gasteiger charge is 2.52. The molecule has 0 saturated heterocycles. The van der Waals surface area contributed by atoms with Crippen LogP contribution in [0.3, 0.4) is 0 Å². The number of amides is 2. The lowest BCUT2D eigenvalue weighted by molar-refractivity contribution is -0.116. The Morgan fingerprint density at radius 1 is 1.10 bits per heavy atom. The molecule has 1 heterocycles. The molecule has 4 fully saturated rings. The molecule has 0 radical (unpaired) electrons.